The second kappa shape index (κ2) is 5.82. The fourth-order valence-electron chi connectivity index (χ4n) is 2.98. The number of amides is 1. The van der Waals surface area contributed by atoms with Gasteiger partial charge in [-0.15, -0.1) is 0 Å². The molecule has 0 radical (unpaired) electrons. The zero-order chi connectivity index (χ0) is 15.7. The second-order valence-corrected chi connectivity index (χ2v) is 7.40. The molecule has 1 amide bonds. The summed E-state index contributed by atoms with van der Waals surface area (Å²) in [5.41, 5.74) is 2.93. The van der Waals surface area contributed by atoms with E-state index < -0.39 is 5.60 Å². The molecule has 1 saturated carbocycles. The number of ether oxygens (including phenoxy) is 1. The van der Waals surface area contributed by atoms with Gasteiger partial charge in [0.25, 0.3) is 0 Å². The number of carbonyl (C=O) groups excluding carboxylic acids is 1. The predicted molar refractivity (Wildman–Crippen MR) is 89.6 cm³/mol. The van der Waals surface area contributed by atoms with Gasteiger partial charge in [0.05, 0.1) is 5.69 Å². The highest BCUT2D eigenvalue weighted by molar-refractivity contribution is 5.91. The van der Waals surface area contributed by atoms with Crippen molar-refractivity contribution < 1.29 is 9.53 Å². The largest absolute Gasteiger partial charge is 0.443 e. The third-order valence-corrected chi connectivity index (χ3v) is 4.41. The van der Waals surface area contributed by atoms with Crippen LogP contribution in [-0.4, -0.2) is 24.8 Å². The topological polar surface area (TPSA) is 41.6 Å². The number of anilines is 2. The summed E-state index contributed by atoms with van der Waals surface area (Å²) in [6, 6.07) is 6.29. The molecule has 4 nitrogen and oxygen atoms in total. The summed E-state index contributed by atoms with van der Waals surface area (Å²) < 4.78 is 5.48. The number of benzene rings is 1. The Morgan fingerprint density at radius 3 is 2.77 bits per heavy atom. The first-order chi connectivity index (χ1) is 10.4. The van der Waals surface area contributed by atoms with Crippen LogP contribution >= 0.6 is 0 Å². The molecule has 1 aromatic carbocycles. The van der Waals surface area contributed by atoms with E-state index in [9.17, 15) is 4.79 Å². The van der Waals surface area contributed by atoms with Crippen LogP contribution in [0.1, 0.15) is 45.6 Å². The van der Waals surface area contributed by atoms with Crippen molar-refractivity contribution in [2.75, 3.05) is 23.3 Å². The molecule has 0 unspecified atom stereocenters. The molecule has 1 fully saturated rings. The van der Waals surface area contributed by atoms with E-state index in [4.69, 9.17) is 4.74 Å². The summed E-state index contributed by atoms with van der Waals surface area (Å²) >= 11 is 0. The standard InChI is InChI=1S/C18H26N2O2/c1-18(2,3)22-17(21)20-10-9-14-11-15(7-8-16(14)20)19-12-13-5-4-6-13/h7-8,11,13,19H,4-6,9-10,12H2,1-3H3. The van der Waals surface area contributed by atoms with Crippen molar-refractivity contribution in [2.24, 2.45) is 5.92 Å². The molecule has 3 rings (SSSR count). The molecular weight excluding hydrogens is 276 g/mol. The van der Waals surface area contributed by atoms with Gasteiger partial charge in [-0.1, -0.05) is 6.42 Å². The second-order valence-electron chi connectivity index (χ2n) is 7.40. The van der Waals surface area contributed by atoms with Crippen molar-refractivity contribution in [2.45, 2.75) is 52.1 Å². The Morgan fingerprint density at radius 2 is 2.14 bits per heavy atom. The average molecular weight is 302 g/mol. The fourth-order valence-corrected chi connectivity index (χ4v) is 2.98. The van der Waals surface area contributed by atoms with Crippen LogP contribution in [0.15, 0.2) is 18.2 Å². The number of nitrogens with zero attached hydrogens (tertiary/aromatic N) is 1. The molecule has 0 bridgehead atoms. The van der Waals surface area contributed by atoms with Crippen LogP contribution in [0.4, 0.5) is 16.2 Å². The normalized spacial score (nSPS) is 17.9. The van der Waals surface area contributed by atoms with E-state index in [-0.39, 0.29) is 6.09 Å². The SMILES string of the molecule is CC(C)(C)OC(=O)N1CCc2cc(NCC3CCC3)ccc21. The Balaban J connectivity index is 1.65. The molecule has 1 N–H and O–H groups in total. The lowest BCUT2D eigenvalue weighted by Gasteiger charge is -2.26. The Bertz CT molecular complexity index is 559. The molecule has 0 spiro atoms. The first-order valence-corrected chi connectivity index (χ1v) is 8.30. The summed E-state index contributed by atoms with van der Waals surface area (Å²) in [5.74, 6) is 0.839. The number of fused-ring (bicyclic) bond motifs is 1. The predicted octanol–water partition coefficient (Wildman–Crippen LogP) is 4.20. The molecule has 1 aliphatic heterocycles. The Kier molecular flexibility index (Phi) is 4.02. The van der Waals surface area contributed by atoms with Crippen molar-refractivity contribution >= 4 is 17.5 Å². The smallest absolute Gasteiger partial charge is 0.414 e. The van der Waals surface area contributed by atoms with E-state index in [2.05, 4.69) is 17.4 Å². The van der Waals surface area contributed by atoms with E-state index in [1.54, 1.807) is 4.90 Å². The van der Waals surface area contributed by atoms with Crippen LogP contribution in [0, 0.1) is 5.92 Å². The van der Waals surface area contributed by atoms with Gasteiger partial charge >= 0.3 is 6.09 Å². The van der Waals surface area contributed by atoms with E-state index in [0.29, 0.717) is 6.54 Å². The van der Waals surface area contributed by atoms with E-state index in [1.165, 1.54) is 24.8 Å². The molecule has 0 saturated heterocycles. The molecule has 0 aromatic heterocycles. The molecule has 1 aromatic rings. The van der Waals surface area contributed by atoms with Gasteiger partial charge < -0.3 is 10.1 Å². The number of nitrogens with one attached hydrogen (secondary N) is 1. The summed E-state index contributed by atoms with van der Waals surface area (Å²) in [5, 5.41) is 3.52. The first-order valence-electron chi connectivity index (χ1n) is 8.30. The highest BCUT2D eigenvalue weighted by Crippen LogP contribution is 2.32. The number of hydrogen-bond donors (Lipinski definition) is 1. The summed E-state index contributed by atoms with van der Waals surface area (Å²) in [4.78, 5) is 14.0. The summed E-state index contributed by atoms with van der Waals surface area (Å²) in [6.07, 6.45) is 4.73. The maximum absolute atomic E-state index is 12.3. The van der Waals surface area contributed by atoms with Crippen molar-refractivity contribution in [3.8, 4) is 0 Å². The van der Waals surface area contributed by atoms with Gasteiger partial charge in [0.1, 0.15) is 5.60 Å². The van der Waals surface area contributed by atoms with Crippen molar-refractivity contribution in [1.82, 2.24) is 0 Å². The molecule has 2 aliphatic rings. The van der Waals surface area contributed by atoms with Crippen LogP contribution in [0.5, 0.6) is 0 Å². The Morgan fingerprint density at radius 1 is 1.36 bits per heavy atom. The molecular formula is C18H26N2O2. The van der Waals surface area contributed by atoms with Crippen LogP contribution < -0.4 is 10.2 Å². The molecule has 1 aliphatic carbocycles. The number of rotatable bonds is 3. The van der Waals surface area contributed by atoms with Crippen LogP contribution in [0.25, 0.3) is 0 Å². The zero-order valence-corrected chi connectivity index (χ0v) is 13.8. The first kappa shape index (κ1) is 15.2. The van der Waals surface area contributed by atoms with Crippen LogP contribution in [-0.2, 0) is 11.2 Å². The van der Waals surface area contributed by atoms with Crippen LogP contribution in [0.3, 0.4) is 0 Å². The van der Waals surface area contributed by atoms with Gasteiger partial charge in [-0.2, -0.15) is 0 Å². The maximum atomic E-state index is 12.3. The maximum Gasteiger partial charge on any atom is 0.414 e. The summed E-state index contributed by atoms with van der Waals surface area (Å²) in [6.45, 7) is 7.46. The fraction of sp³-hybridized carbons (Fsp3) is 0.611. The lowest BCUT2D eigenvalue weighted by molar-refractivity contribution is 0.0584. The zero-order valence-electron chi connectivity index (χ0n) is 13.8. The van der Waals surface area contributed by atoms with E-state index in [1.807, 2.05) is 26.8 Å². The minimum absolute atomic E-state index is 0.249. The average Bonchev–Trinajstić information content (AvgIpc) is 2.78. The highest BCUT2D eigenvalue weighted by Gasteiger charge is 2.29. The molecule has 1 heterocycles. The Hall–Kier alpha value is -1.71. The summed E-state index contributed by atoms with van der Waals surface area (Å²) in [7, 11) is 0. The van der Waals surface area contributed by atoms with Gasteiger partial charge in [0, 0.05) is 18.8 Å². The third-order valence-electron chi connectivity index (χ3n) is 4.41. The minimum Gasteiger partial charge on any atom is -0.443 e. The van der Waals surface area contributed by atoms with Gasteiger partial charge in [-0.25, -0.2) is 4.79 Å². The van der Waals surface area contributed by atoms with E-state index in [0.717, 1.165) is 30.3 Å². The molecule has 120 valence electrons. The minimum atomic E-state index is -0.454. The van der Waals surface area contributed by atoms with Gasteiger partial charge in [-0.05, 0) is 69.7 Å². The monoisotopic (exact) mass is 302 g/mol. The van der Waals surface area contributed by atoms with Gasteiger partial charge in [0.2, 0.25) is 0 Å². The number of hydrogen-bond acceptors (Lipinski definition) is 3. The molecule has 4 heteroatoms. The molecule has 0 atom stereocenters. The quantitative estimate of drug-likeness (QED) is 0.910. The lowest BCUT2D eigenvalue weighted by Crippen LogP contribution is -2.35. The third kappa shape index (κ3) is 3.37. The van der Waals surface area contributed by atoms with Gasteiger partial charge in [0.15, 0.2) is 0 Å². The highest BCUT2D eigenvalue weighted by atomic mass is 16.6. The van der Waals surface area contributed by atoms with Crippen molar-refractivity contribution in [1.29, 1.82) is 0 Å². The molecule has 22 heavy (non-hydrogen) atoms. The van der Waals surface area contributed by atoms with E-state index >= 15 is 0 Å². The van der Waals surface area contributed by atoms with Crippen molar-refractivity contribution in [3.63, 3.8) is 0 Å². The van der Waals surface area contributed by atoms with Crippen LogP contribution in [0.2, 0.25) is 0 Å². The Labute approximate surface area is 132 Å². The number of carbonyl (C=O) groups is 1. The lowest BCUT2D eigenvalue weighted by atomic mass is 9.85. The van der Waals surface area contributed by atoms with Gasteiger partial charge in [-0.3, -0.25) is 4.90 Å². The van der Waals surface area contributed by atoms with Crippen molar-refractivity contribution in [3.05, 3.63) is 23.8 Å².